The zero-order valence-electron chi connectivity index (χ0n) is 15.9. The second-order valence-electron chi connectivity index (χ2n) is 7.35. The van der Waals surface area contributed by atoms with E-state index >= 15 is 0 Å². The number of carbonyl (C=O) groups is 2. The molecule has 3 atom stereocenters. The molecule has 3 N–H and O–H groups in total. The number of nitrogens with zero attached hydrogens (tertiary/aromatic N) is 2. The highest BCUT2D eigenvalue weighted by atomic mass is 16.5. The molecule has 8 nitrogen and oxygen atoms in total. The molecule has 1 aliphatic carbocycles. The predicted octanol–water partition coefficient (Wildman–Crippen LogP) is 0.0647. The molecule has 1 aromatic heterocycles. The molecule has 150 valence electrons. The fourth-order valence-electron chi connectivity index (χ4n) is 4.09. The van der Waals surface area contributed by atoms with Gasteiger partial charge in [-0.25, -0.2) is 0 Å². The number of piperazine rings is 1. The van der Waals surface area contributed by atoms with Gasteiger partial charge in [-0.15, -0.1) is 0 Å². The van der Waals surface area contributed by atoms with Crippen LogP contribution in [0.25, 0.3) is 0 Å². The first-order chi connectivity index (χ1) is 13.1. The fraction of sp³-hybridized carbons (Fsp3) is 0.684. The molecule has 2 heterocycles. The number of ether oxygens (including phenoxy) is 1. The van der Waals surface area contributed by atoms with Crippen LogP contribution < -0.4 is 5.32 Å². The van der Waals surface area contributed by atoms with E-state index in [2.05, 4.69) is 15.2 Å². The molecule has 0 aromatic carbocycles. The topological polar surface area (TPSA) is 97.9 Å². The summed E-state index contributed by atoms with van der Waals surface area (Å²) in [5, 5.41) is 12.1. The van der Waals surface area contributed by atoms with Gasteiger partial charge in [-0.1, -0.05) is 0 Å². The van der Waals surface area contributed by atoms with Crippen molar-refractivity contribution in [2.24, 2.45) is 5.92 Å². The lowest BCUT2D eigenvalue weighted by atomic mass is 9.82. The van der Waals surface area contributed by atoms with Crippen LogP contribution in [0.2, 0.25) is 0 Å². The lowest BCUT2D eigenvalue weighted by molar-refractivity contribution is -0.140. The molecule has 0 unspecified atom stereocenters. The van der Waals surface area contributed by atoms with Crippen molar-refractivity contribution in [2.45, 2.75) is 31.4 Å². The van der Waals surface area contributed by atoms with Crippen LogP contribution >= 0.6 is 0 Å². The number of amides is 2. The Hall–Kier alpha value is -1.90. The van der Waals surface area contributed by atoms with E-state index in [4.69, 9.17) is 9.84 Å². The summed E-state index contributed by atoms with van der Waals surface area (Å²) in [6.07, 6.45) is 5.35. The summed E-state index contributed by atoms with van der Waals surface area (Å²) in [6, 6.07) is 1.66. The van der Waals surface area contributed by atoms with E-state index in [9.17, 15) is 9.59 Å². The van der Waals surface area contributed by atoms with Crippen LogP contribution in [-0.4, -0.2) is 90.3 Å². The molecule has 27 heavy (non-hydrogen) atoms. The number of aliphatic hydroxyl groups is 1. The van der Waals surface area contributed by atoms with Gasteiger partial charge in [0.2, 0.25) is 5.91 Å². The van der Waals surface area contributed by atoms with Crippen LogP contribution in [0.1, 0.15) is 29.6 Å². The number of β-amino-alcohol motifs (C(OH)–C–C–N with tert-alkyl or cyclic N) is 1. The van der Waals surface area contributed by atoms with Crippen molar-refractivity contribution in [3.8, 4) is 0 Å². The van der Waals surface area contributed by atoms with Gasteiger partial charge in [-0.05, 0) is 25.3 Å². The van der Waals surface area contributed by atoms with Crippen molar-refractivity contribution in [3.05, 3.63) is 24.0 Å². The maximum Gasteiger partial charge on any atom is 0.253 e. The number of aromatic amines is 1. The SMILES string of the molecule is CO[C@@H]1C[C@@H](C(=O)N2CCN(CCO)CC2)CC[C@H]1NC(=O)c1cc[nH]c1. The van der Waals surface area contributed by atoms with Gasteiger partial charge in [0.05, 0.1) is 24.3 Å². The molecule has 1 saturated carbocycles. The van der Waals surface area contributed by atoms with Crippen molar-refractivity contribution in [1.82, 2.24) is 20.1 Å². The molecule has 1 aliphatic heterocycles. The van der Waals surface area contributed by atoms with E-state index < -0.39 is 0 Å². The summed E-state index contributed by atoms with van der Waals surface area (Å²) < 4.78 is 5.61. The number of nitrogens with one attached hydrogen (secondary N) is 2. The minimum atomic E-state index is -0.161. The zero-order valence-corrected chi connectivity index (χ0v) is 15.9. The molecule has 1 saturated heterocycles. The van der Waals surface area contributed by atoms with Gasteiger partial charge < -0.3 is 25.0 Å². The van der Waals surface area contributed by atoms with Crippen LogP contribution in [0.15, 0.2) is 18.5 Å². The van der Waals surface area contributed by atoms with E-state index in [1.165, 1.54) is 0 Å². The predicted molar refractivity (Wildman–Crippen MR) is 100 cm³/mol. The standard InChI is InChI=1S/C19H30N4O4/c1-27-17-12-14(19(26)23-8-6-22(7-9-23)10-11-24)2-3-16(17)21-18(25)15-4-5-20-13-15/h4-5,13-14,16-17,20,24H,2-3,6-12H2,1H3,(H,21,25)/t14-,16+,17+/m0/s1. The van der Waals surface area contributed by atoms with E-state index in [1.807, 2.05) is 4.90 Å². The third kappa shape index (κ3) is 4.88. The normalized spacial score (nSPS) is 26.7. The first-order valence-corrected chi connectivity index (χ1v) is 9.70. The summed E-state index contributed by atoms with van der Waals surface area (Å²) in [6.45, 7) is 3.85. The van der Waals surface area contributed by atoms with Gasteiger partial charge >= 0.3 is 0 Å². The maximum absolute atomic E-state index is 12.9. The summed E-state index contributed by atoms with van der Waals surface area (Å²) in [5.41, 5.74) is 0.601. The van der Waals surface area contributed by atoms with Crippen LogP contribution in [0, 0.1) is 5.92 Å². The minimum absolute atomic E-state index is 0.0558. The summed E-state index contributed by atoms with van der Waals surface area (Å²) >= 11 is 0. The van der Waals surface area contributed by atoms with Crippen molar-refractivity contribution in [1.29, 1.82) is 0 Å². The number of methoxy groups -OCH3 is 1. The van der Waals surface area contributed by atoms with Crippen molar-refractivity contribution >= 4 is 11.8 Å². The monoisotopic (exact) mass is 378 g/mol. The van der Waals surface area contributed by atoms with Crippen LogP contribution in [0.3, 0.4) is 0 Å². The number of hydrogen-bond donors (Lipinski definition) is 3. The lowest BCUT2D eigenvalue weighted by Crippen LogP contribution is -2.53. The number of carbonyl (C=O) groups excluding carboxylic acids is 2. The first-order valence-electron chi connectivity index (χ1n) is 9.70. The van der Waals surface area contributed by atoms with E-state index in [0.29, 0.717) is 31.6 Å². The minimum Gasteiger partial charge on any atom is -0.395 e. The molecule has 2 fully saturated rings. The van der Waals surface area contributed by atoms with Gasteiger partial charge in [-0.3, -0.25) is 14.5 Å². The number of H-pyrrole nitrogens is 1. The van der Waals surface area contributed by atoms with Crippen LogP contribution in [0.4, 0.5) is 0 Å². The molecule has 1 aromatic rings. The number of aromatic nitrogens is 1. The average Bonchev–Trinajstić information content (AvgIpc) is 3.23. The molecule has 0 radical (unpaired) electrons. The Morgan fingerprint density at radius 2 is 2.07 bits per heavy atom. The number of aliphatic hydroxyl groups excluding tert-OH is 1. The van der Waals surface area contributed by atoms with Gasteiger partial charge in [0, 0.05) is 58.1 Å². The number of rotatable bonds is 6. The van der Waals surface area contributed by atoms with Gasteiger partial charge in [0.15, 0.2) is 0 Å². The Morgan fingerprint density at radius 3 is 2.70 bits per heavy atom. The molecular formula is C19H30N4O4. The summed E-state index contributed by atoms with van der Waals surface area (Å²) in [4.78, 5) is 32.2. The third-order valence-corrected chi connectivity index (χ3v) is 5.72. The van der Waals surface area contributed by atoms with Crippen LogP contribution in [-0.2, 0) is 9.53 Å². The maximum atomic E-state index is 12.9. The Morgan fingerprint density at radius 1 is 1.30 bits per heavy atom. The Kier molecular flexibility index (Phi) is 6.87. The van der Waals surface area contributed by atoms with Gasteiger partial charge in [0.1, 0.15) is 0 Å². The first kappa shape index (κ1) is 19.9. The van der Waals surface area contributed by atoms with Gasteiger partial charge in [0.25, 0.3) is 5.91 Å². The Labute approximate surface area is 159 Å². The van der Waals surface area contributed by atoms with Crippen molar-refractivity contribution < 1.29 is 19.4 Å². The molecule has 2 aliphatic rings. The van der Waals surface area contributed by atoms with E-state index in [0.717, 1.165) is 25.9 Å². The molecule has 0 bridgehead atoms. The van der Waals surface area contributed by atoms with Crippen LogP contribution in [0.5, 0.6) is 0 Å². The highest BCUT2D eigenvalue weighted by molar-refractivity contribution is 5.94. The molecule has 2 amide bonds. The van der Waals surface area contributed by atoms with Gasteiger partial charge in [-0.2, -0.15) is 0 Å². The largest absolute Gasteiger partial charge is 0.395 e. The van der Waals surface area contributed by atoms with Crippen molar-refractivity contribution in [2.75, 3.05) is 46.4 Å². The molecule has 0 spiro atoms. The Bertz CT molecular complexity index is 613. The second-order valence-corrected chi connectivity index (χ2v) is 7.35. The molecule has 3 rings (SSSR count). The smallest absolute Gasteiger partial charge is 0.253 e. The highest BCUT2D eigenvalue weighted by Gasteiger charge is 2.37. The molecule has 8 heteroatoms. The zero-order chi connectivity index (χ0) is 19.2. The highest BCUT2D eigenvalue weighted by Crippen LogP contribution is 2.28. The van der Waals surface area contributed by atoms with Crippen molar-refractivity contribution in [3.63, 3.8) is 0 Å². The fourth-order valence-corrected chi connectivity index (χ4v) is 4.09. The number of hydrogen-bond acceptors (Lipinski definition) is 5. The lowest BCUT2D eigenvalue weighted by Gasteiger charge is -2.39. The molecular weight excluding hydrogens is 348 g/mol. The van der Waals surface area contributed by atoms with E-state index in [-0.39, 0.29) is 36.5 Å². The second kappa shape index (κ2) is 9.34. The quantitative estimate of drug-likeness (QED) is 0.651. The third-order valence-electron chi connectivity index (χ3n) is 5.72. The average molecular weight is 378 g/mol. The summed E-state index contributed by atoms with van der Waals surface area (Å²) in [5.74, 6) is 0.0175. The summed E-state index contributed by atoms with van der Waals surface area (Å²) in [7, 11) is 1.64. The van der Waals surface area contributed by atoms with E-state index in [1.54, 1.807) is 25.6 Å². The Balaban J connectivity index is 1.51.